The number of nitrogens with zero attached hydrogens (tertiary/aromatic N) is 2. The van der Waals surface area contributed by atoms with Crippen LogP contribution in [0.2, 0.25) is 5.28 Å². The number of rotatable bonds is 0. The van der Waals surface area contributed by atoms with Crippen LogP contribution in [0, 0.1) is 0 Å². The van der Waals surface area contributed by atoms with E-state index < -0.39 is 0 Å². The van der Waals surface area contributed by atoms with Crippen molar-refractivity contribution < 1.29 is 0 Å². The van der Waals surface area contributed by atoms with Crippen molar-refractivity contribution in [2.75, 3.05) is 5.84 Å². The van der Waals surface area contributed by atoms with Gasteiger partial charge in [-0.3, -0.25) is 0 Å². The summed E-state index contributed by atoms with van der Waals surface area (Å²) in [6.45, 7) is 0. The Morgan fingerprint density at radius 1 is 1.86 bits per heavy atom. The number of nitrogen functional groups attached to an aromatic ring is 1. The van der Waals surface area contributed by atoms with Gasteiger partial charge in [-0.25, -0.2) is 9.66 Å². The van der Waals surface area contributed by atoms with Gasteiger partial charge in [0.15, 0.2) is 0 Å². The molecule has 0 unspecified atom stereocenters. The van der Waals surface area contributed by atoms with Gasteiger partial charge < -0.3 is 5.84 Å². The Kier molecular flexibility index (Phi) is 0.906. The van der Waals surface area contributed by atoms with Crippen molar-refractivity contribution in [1.82, 2.24) is 9.66 Å². The first-order valence-electron chi connectivity index (χ1n) is 1.74. The molecular formula is C3H4ClN3. The molecule has 7 heavy (non-hydrogen) atoms. The van der Waals surface area contributed by atoms with Gasteiger partial charge in [-0.05, 0) is 11.6 Å². The average Bonchev–Trinajstić information content (AvgIpc) is 1.91. The summed E-state index contributed by atoms with van der Waals surface area (Å²) in [6.07, 6.45) is 3.10. The molecule has 3 nitrogen and oxygen atoms in total. The second kappa shape index (κ2) is 1.42. The fraction of sp³-hybridized carbons (Fsp3) is 0. The van der Waals surface area contributed by atoms with Crippen LogP contribution in [0.5, 0.6) is 0 Å². The lowest BCUT2D eigenvalue weighted by Crippen LogP contribution is -2.05. The molecule has 0 bridgehead atoms. The van der Waals surface area contributed by atoms with Crippen molar-refractivity contribution in [3.63, 3.8) is 0 Å². The summed E-state index contributed by atoms with van der Waals surface area (Å²) in [6, 6.07) is 0. The second-order valence-electron chi connectivity index (χ2n) is 1.10. The van der Waals surface area contributed by atoms with E-state index in [0.29, 0.717) is 5.28 Å². The largest absolute Gasteiger partial charge is 0.337 e. The lowest BCUT2D eigenvalue weighted by atomic mass is 11.0. The van der Waals surface area contributed by atoms with Crippen molar-refractivity contribution in [2.45, 2.75) is 0 Å². The molecular weight excluding hydrogens is 114 g/mol. The van der Waals surface area contributed by atoms with Crippen LogP contribution in [-0.2, 0) is 0 Å². The van der Waals surface area contributed by atoms with E-state index in [9.17, 15) is 0 Å². The summed E-state index contributed by atoms with van der Waals surface area (Å²) in [4.78, 5) is 3.62. The maximum Gasteiger partial charge on any atom is 0.221 e. The lowest BCUT2D eigenvalue weighted by molar-refractivity contribution is 1.00. The summed E-state index contributed by atoms with van der Waals surface area (Å²) in [5, 5.41) is 0.306. The first-order chi connectivity index (χ1) is 3.30. The Labute approximate surface area is 45.7 Å². The van der Waals surface area contributed by atoms with E-state index in [2.05, 4.69) is 4.98 Å². The van der Waals surface area contributed by atoms with Gasteiger partial charge in [-0.15, -0.1) is 0 Å². The molecule has 0 spiro atoms. The minimum Gasteiger partial charge on any atom is -0.337 e. The summed E-state index contributed by atoms with van der Waals surface area (Å²) in [7, 11) is 0. The summed E-state index contributed by atoms with van der Waals surface area (Å²) < 4.78 is 1.24. The van der Waals surface area contributed by atoms with Gasteiger partial charge >= 0.3 is 0 Å². The molecule has 0 saturated carbocycles. The van der Waals surface area contributed by atoms with E-state index in [1.807, 2.05) is 0 Å². The SMILES string of the molecule is Nn1ccnc1Cl. The molecule has 0 amide bonds. The van der Waals surface area contributed by atoms with Gasteiger partial charge in [0.25, 0.3) is 0 Å². The quantitative estimate of drug-likeness (QED) is 0.495. The topological polar surface area (TPSA) is 43.8 Å². The van der Waals surface area contributed by atoms with Gasteiger partial charge in [0, 0.05) is 12.4 Å². The Morgan fingerprint density at radius 2 is 2.57 bits per heavy atom. The maximum absolute atomic E-state index is 5.35. The van der Waals surface area contributed by atoms with Crippen LogP contribution in [0.25, 0.3) is 0 Å². The van der Waals surface area contributed by atoms with Crippen molar-refractivity contribution in [1.29, 1.82) is 0 Å². The molecule has 1 aromatic rings. The maximum atomic E-state index is 5.35. The van der Waals surface area contributed by atoms with Gasteiger partial charge in [0.05, 0.1) is 0 Å². The number of halogens is 1. The Morgan fingerprint density at radius 3 is 2.71 bits per heavy atom. The van der Waals surface area contributed by atoms with Crippen molar-refractivity contribution in [3.05, 3.63) is 17.7 Å². The van der Waals surface area contributed by atoms with Crippen molar-refractivity contribution in [3.8, 4) is 0 Å². The zero-order valence-corrected chi connectivity index (χ0v) is 4.26. The second-order valence-corrected chi connectivity index (χ2v) is 1.44. The molecule has 0 aliphatic heterocycles. The number of hydrogen-bond donors (Lipinski definition) is 1. The monoisotopic (exact) mass is 117 g/mol. The molecule has 1 rings (SSSR count). The van der Waals surface area contributed by atoms with Crippen LogP contribution in [0.3, 0.4) is 0 Å². The van der Waals surface area contributed by atoms with Crippen LogP contribution in [0.15, 0.2) is 12.4 Å². The van der Waals surface area contributed by atoms with E-state index in [0.717, 1.165) is 0 Å². The molecule has 0 aliphatic rings. The Bertz CT molecular complexity index is 142. The highest BCUT2D eigenvalue weighted by Crippen LogP contribution is 1.97. The van der Waals surface area contributed by atoms with E-state index in [1.165, 1.54) is 10.9 Å². The average molecular weight is 118 g/mol. The third-order valence-electron chi connectivity index (χ3n) is 0.621. The molecule has 38 valence electrons. The van der Waals surface area contributed by atoms with E-state index >= 15 is 0 Å². The minimum atomic E-state index is 0.306. The van der Waals surface area contributed by atoms with Crippen LogP contribution >= 0.6 is 11.6 Å². The lowest BCUT2D eigenvalue weighted by Gasteiger charge is -1.85. The highest BCUT2D eigenvalue weighted by atomic mass is 35.5. The minimum absolute atomic E-state index is 0.306. The van der Waals surface area contributed by atoms with E-state index in [4.69, 9.17) is 17.4 Å². The van der Waals surface area contributed by atoms with Gasteiger partial charge in [-0.1, -0.05) is 0 Å². The van der Waals surface area contributed by atoms with Gasteiger partial charge in [0.2, 0.25) is 5.28 Å². The molecule has 0 aliphatic carbocycles. The molecule has 1 heterocycles. The molecule has 0 saturated heterocycles. The third-order valence-corrected chi connectivity index (χ3v) is 0.914. The van der Waals surface area contributed by atoms with Gasteiger partial charge in [-0.2, -0.15) is 0 Å². The van der Waals surface area contributed by atoms with Crippen LogP contribution in [0.1, 0.15) is 0 Å². The third kappa shape index (κ3) is 0.667. The number of aromatic nitrogens is 2. The zero-order chi connectivity index (χ0) is 5.28. The van der Waals surface area contributed by atoms with E-state index in [-0.39, 0.29) is 0 Å². The smallest absolute Gasteiger partial charge is 0.221 e. The van der Waals surface area contributed by atoms with Crippen molar-refractivity contribution in [2.24, 2.45) is 0 Å². The normalized spacial score (nSPS) is 9.29. The number of nitrogens with two attached hydrogens (primary N) is 1. The Balaban J connectivity index is 3.12. The summed E-state index contributed by atoms with van der Waals surface area (Å²) in [5.74, 6) is 5.16. The molecule has 0 aromatic carbocycles. The zero-order valence-electron chi connectivity index (χ0n) is 3.50. The number of imidazole rings is 1. The number of hydrogen-bond acceptors (Lipinski definition) is 2. The standard InChI is InChI=1S/C3H4ClN3/c4-3-6-1-2-7(3)5/h1-2H,5H2. The first-order valence-corrected chi connectivity index (χ1v) is 2.12. The molecule has 1 aromatic heterocycles. The van der Waals surface area contributed by atoms with Crippen molar-refractivity contribution >= 4 is 11.6 Å². The Hall–Kier alpha value is -0.700. The summed E-state index contributed by atoms with van der Waals surface area (Å²) in [5.41, 5.74) is 0. The van der Waals surface area contributed by atoms with E-state index in [1.54, 1.807) is 6.20 Å². The van der Waals surface area contributed by atoms with Crippen LogP contribution < -0.4 is 5.84 Å². The molecule has 4 heteroatoms. The highest BCUT2D eigenvalue weighted by molar-refractivity contribution is 6.28. The van der Waals surface area contributed by atoms with Crippen LogP contribution in [0.4, 0.5) is 0 Å². The highest BCUT2D eigenvalue weighted by Gasteiger charge is 1.87. The van der Waals surface area contributed by atoms with Gasteiger partial charge in [0.1, 0.15) is 0 Å². The molecule has 0 atom stereocenters. The molecule has 2 N–H and O–H groups in total. The first kappa shape index (κ1) is 4.46. The fourth-order valence-electron chi connectivity index (χ4n) is 0.295. The predicted molar refractivity (Wildman–Crippen MR) is 27.4 cm³/mol. The summed E-state index contributed by atoms with van der Waals surface area (Å²) >= 11 is 5.35. The molecule has 0 radical (unpaired) electrons. The molecule has 0 fully saturated rings. The van der Waals surface area contributed by atoms with Crippen LogP contribution in [-0.4, -0.2) is 9.66 Å². The fourth-order valence-corrected chi connectivity index (χ4v) is 0.408. The predicted octanol–water partition coefficient (Wildman–Crippen LogP) is 0.250.